The Bertz CT molecular complexity index is 298. The minimum absolute atomic E-state index is 0.0828. The van der Waals surface area contributed by atoms with Crippen LogP contribution in [-0.4, -0.2) is 15.6 Å². The molecule has 4 heteroatoms. The molecule has 0 unspecified atom stereocenters. The molecule has 0 aliphatic heterocycles. The highest BCUT2D eigenvalue weighted by Gasteiger charge is 2.09. The number of hydrogen-bond acceptors (Lipinski definition) is 2. The van der Waals surface area contributed by atoms with Gasteiger partial charge in [0.15, 0.2) is 0 Å². The number of aromatic nitrogens is 2. The Morgan fingerprint density at radius 1 is 1.67 bits per heavy atom. The largest absolute Gasteiger partial charge is 0.384 e. The molecule has 0 aromatic carbocycles. The Kier molecular flexibility index (Phi) is 2.17. The Hall–Kier alpha value is -1.32. The normalized spacial score (nSPS) is 10.7. The van der Waals surface area contributed by atoms with Crippen LogP contribution >= 0.6 is 0 Å². The second kappa shape index (κ2) is 2.97. The molecule has 1 heterocycles. The van der Waals surface area contributed by atoms with E-state index < -0.39 is 0 Å². The minimum Gasteiger partial charge on any atom is -0.384 e. The van der Waals surface area contributed by atoms with Gasteiger partial charge >= 0.3 is 0 Å². The first kappa shape index (κ1) is 8.77. The molecule has 1 aromatic heterocycles. The Balaban J connectivity index is 3.13. The van der Waals surface area contributed by atoms with E-state index in [2.05, 4.69) is 5.10 Å². The molecule has 4 nitrogen and oxygen atoms in total. The maximum Gasteiger partial charge on any atom is 0.126 e. The van der Waals surface area contributed by atoms with Gasteiger partial charge in [-0.2, -0.15) is 5.10 Å². The van der Waals surface area contributed by atoms with E-state index in [0.29, 0.717) is 6.04 Å². The third-order valence-electron chi connectivity index (χ3n) is 1.82. The zero-order chi connectivity index (χ0) is 9.30. The molecule has 0 saturated carbocycles. The van der Waals surface area contributed by atoms with Gasteiger partial charge in [0.05, 0.1) is 11.8 Å². The summed E-state index contributed by atoms with van der Waals surface area (Å²) in [6, 6.07) is 0.318. The lowest BCUT2D eigenvalue weighted by atomic mass is 10.2. The molecule has 0 radical (unpaired) electrons. The Morgan fingerprint density at radius 2 is 2.25 bits per heavy atom. The highest BCUT2D eigenvalue weighted by Crippen LogP contribution is 2.11. The van der Waals surface area contributed by atoms with Crippen molar-refractivity contribution in [2.24, 2.45) is 5.73 Å². The van der Waals surface area contributed by atoms with Gasteiger partial charge < -0.3 is 5.73 Å². The van der Waals surface area contributed by atoms with Gasteiger partial charge in [0, 0.05) is 11.7 Å². The average molecular weight is 166 g/mol. The van der Waals surface area contributed by atoms with Crippen molar-refractivity contribution in [3.63, 3.8) is 0 Å². The summed E-state index contributed by atoms with van der Waals surface area (Å²) >= 11 is 0. The molecule has 66 valence electrons. The van der Waals surface area contributed by atoms with Crippen LogP contribution in [0.3, 0.4) is 0 Å². The highest BCUT2D eigenvalue weighted by molar-refractivity contribution is 5.95. The molecule has 1 aromatic rings. The summed E-state index contributed by atoms with van der Waals surface area (Å²) in [5.41, 5.74) is 7.04. The number of hydrogen-bond donors (Lipinski definition) is 2. The molecule has 0 amide bonds. The van der Waals surface area contributed by atoms with Crippen molar-refractivity contribution in [2.75, 3.05) is 0 Å². The number of nitrogens with two attached hydrogens (primary N) is 1. The predicted molar refractivity (Wildman–Crippen MR) is 48.4 cm³/mol. The second-order valence-electron chi connectivity index (χ2n) is 3.10. The second-order valence-corrected chi connectivity index (χ2v) is 3.10. The summed E-state index contributed by atoms with van der Waals surface area (Å²) in [5.74, 6) is 0.0828. The van der Waals surface area contributed by atoms with Gasteiger partial charge in [0.2, 0.25) is 0 Å². The van der Waals surface area contributed by atoms with Gasteiger partial charge in [-0.15, -0.1) is 0 Å². The molecule has 1 rings (SSSR count). The van der Waals surface area contributed by atoms with Gasteiger partial charge in [-0.1, -0.05) is 0 Å². The fourth-order valence-electron chi connectivity index (χ4n) is 1.21. The lowest BCUT2D eigenvalue weighted by Crippen LogP contribution is -2.13. The topological polar surface area (TPSA) is 67.7 Å². The van der Waals surface area contributed by atoms with Crippen LogP contribution in [0.4, 0.5) is 0 Å². The van der Waals surface area contributed by atoms with Crippen LogP contribution in [0, 0.1) is 12.3 Å². The van der Waals surface area contributed by atoms with E-state index in [1.807, 2.05) is 25.5 Å². The summed E-state index contributed by atoms with van der Waals surface area (Å²) in [5, 5.41) is 11.4. The van der Waals surface area contributed by atoms with Crippen molar-refractivity contribution in [3.05, 3.63) is 17.5 Å². The van der Waals surface area contributed by atoms with E-state index >= 15 is 0 Å². The van der Waals surface area contributed by atoms with E-state index in [1.54, 1.807) is 6.20 Å². The monoisotopic (exact) mass is 166 g/mol. The van der Waals surface area contributed by atoms with E-state index in [4.69, 9.17) is 11.1 Å². The Labute approximate surface area is 71.9 Å². The summed E-state index contributed by atoms with van der Waals surface area (Å²) in [6.07, 6.45) is 1.64. The smallest absolute Gasteiger partial charge is 0.126 e. The van der Waals surface area contributed by atoms with Crippen molar-refractivity contribution < 1.29 is 0 Å². The molecule has 0 bridgehead atoms. The van der Waals surface area contributed by atoms with E-state index in [9.17, 15) is 0 Å². The van der Waals surface area contributed by atoms with Gasteiger partial charge in [-0.25, -0.2) is 0 Å². The molecule has 0 aliphatic carbocycles. The van der Waals surface area contributed by atoms with E-state index in [1.165, 1.54) is 0 Å². The number of rotatable bonds is 2. The van der Waals surface area contributed by atoms with Crippen LogP contribution in [0.2, 0.25) is 0 Å². The van der Waals surface area contributed by atoms with Crippen molar-refractivity contribution in [3.8, 4) is 0 Å². The number of nitrogen functional groups attached to an aromatic ring is 1. The third kappa shape index (κ3) is 1.32. The SMILES string of the molecule is Cc1c(C(=N)N)cnn1C(C)C. The first-order valence-corrected chi connectivity index (χ1v) is 3.92. The number of nitrogens with zero attached hydrogens (tertiary/aromatic N) is 2. The fourth-order valence-corrected chi connectivity index (χ4v) is 1.21. The predicted octanol–water partition coefficient (Wildman–Crippen LogP) is 1.06. The van der Waals surface area contributed by atoms with Crippen LogP contribution in [0.5, 0.6) is 0 Å². The fraction of sp³-hybridized carbons (Fsp3) is 0.500. The van der Waals surface area contributed by atoms with Gasteiger partial charge in [-0.3, -0.25) is 10.1 Å². The van der Waals surface area contributed by atoms with Crippen molar-refractivity contribution in [2.45, 2.75) is 26.8 Å². The maximum atomic E-state index is 7.25. The van der Waals surface area contributed by atoms with Crippen LogP contribution in [0.25, 0.3) is 0 Å². The quantitative estimate of drug-likeness (QED) is 0.509. The molecule has 0 saturated heterocycles. The lowest BCUT2D eigenvalue weighted by molar-refractivity contribution is 0.519. The maximum absolute atomic E-state index is 7.25. The molecule has 12 heavy (non-hydrogen) atoms. The summed E-state index contributed by atoms with van der Waals surface area (Å²) in [6.45, 7) is 6.01. The van der Waals surface area contributed by atoms with Gasteiger partial charge in [0.1, 0.15) is 5.84 Å². The van der Waals surface area contributed by atoms with Crippen LogP contribution < -0.4 is 5.73 Å². The van der Waals surface area contributed by atoms with Crippen molar-refractivity contribution in [1.82, 2.24) is 9.78 Å². The standard InChI is InChI=1S/C8H14N4/c1-5(2)12-6(3)7(4-11-12)8(9)10/h4-5H,1-3H3,(H3,9,10). The lowest BCUT2D eigenvalue weighted by Gasteiger charge is -2.07. The molecular formula is C8H14N4. The molecular weight excluding hydrogens is 152 g/mol. The van der Waals surface area contributed by atoms with Crippen LogP contribution in [0.15, 0.2) is 6.20 Å². The van der Waals surface area contributed by atoms with Crippen molar-refractivity contribution in [1.29, 1.82) is 5.41 Å². The van der Waals surface area contributed by atoms with E-state index in [-0.39, 0.29) is 5.84 Å². The average Bonchev–Trinajstić information content (AvgIpc) is 2.30. The minimum atomic E-state index is 0.0828. The highest BCUT2D eigenvalue weighted by atomic mass is 15.3. The van der Waals surface area contributed by atoms with Gasteiger partial charge in [-0.05, 0) is 20.8 Å². The molecule has 0 atom stereocenters. The first-order chi connectivity index (χ1) is 5.54. The van der Waals surface area contributed by atoms with E-state index in [0.717, 1.165) is 11.3 Å². The summed E-state index contributed by atoms with van der Waals surface area (Å²) < 4.78 is 1.86. The van der Waals surface area contributed by atoms with Crippen molar-refractivity contribution >= 4 is 5.84 Å². The summed E-state index contributed by atoms with van der Waals surface area (Å²) in [4.78, 5) is 0. The third-order valence-corrected chi connectivity index (χ3v) is 1.82. The summed E-state index contributed by atoms with van der Waals surface area (Å²) in [7, 11) is 0. The first-order valence-electron chi connectivity index (χ1n) is 3.92. The molecule has 0 aliphatic rings. The molecule has 0 fully saturated rings. The number of nitrogens with one attached hydrogen (secondary N) is 1. The molecule has 0 spiro atoms. The molecule has 3 N–H and O–H groups in total. The number of amidine groups is 1. The zero-order valence-corrected chi connectivity index (χ0v) is 7.63. The zero-order valence-electron chi connectivity index (χ0n) is 7.63. The Morgan fingerprint density at radius 3 is 2.50 bits per heavy atom. The van der Waals surface area contributed by atoms with Gasteiger partial charge in [0.25, 0.3) is 0 Å². The van der Waals surface area contributed by atoms with Crippen LogP contribution in [0.1, 0.15) is 31.1 Å². The van der Waals surface area contributed by atoms with Crippen LogP contribution in [-0.2, 0) is 0 Å².